The number of rotatable bonds is 5. The van der Waals surface area contributed by atoms with Gasteiger partial charge in [-0.1, -0.05) is 48.5 Å². The van der Waals surface area contributed by atoms with Gasteiger partial charge in [-0.2, -0.15) is 18.3 Å². The molecule has 36 heavy (non-hydrogen) atoms. The van der Waals surface area contributed by atoms with E-state index in [-0.39, 0.29) is 35.2 Å². The molecule has 0 saturated heterocycles. The fourth-order valence-corrected chi connectivity index (χ4v) is 4.21. The highest BCUT2D eigenvalue weighted by Gasteiger charge is 2.30. The van der Waals surface area contributed by atoms with Crippen LogP contribution in [0.3, 0.4) is 0 Å². The minimum atomic E-state index is -4.52. The summed E-state index contributed by atoms with van der Waals surface area (Å²) in [6.45, 7) is 1.59. The van der Waals surface area contributed by atoms with Crippen LogP contribution in [0.2, 0.25) is 0 Å². The average Bonchev–Trinajstić information content (AvgIpc) is 3.30. The third-order valence-corrected chi connectivity index (χ3v) is 5.95. The summed E-state index contributed by atoms with van der Waals surface area (Å²) in [6.07, 6.45) is -2.09. The van der Waals surface area contributed by atoms with Crippen molar-refractivity contribution in [3.63, 3.8) is 0 Å². The molecule has 0 aliphatic heterocycles. The number of aromatic nitrogens is 4. The first kappa shape index (κ1) is 23.3. The average molecular weight is 491 g/mol. The normalized spacial score (nSPS) is 12.7. The molecule has 1 unspecified atom stereocenters. The first-order chi connectivity index (χ1) is 17.2. The van der Waals surface area contributed by atoms with Crippen LogP contribution in [-0.2, 0) is 17.5 Å². The van der Waals surface area contributed by atoms with Gasteiger partial charge >= 0.3 is 6.18 Å². The maximum atomic E-state index is 13.1. The van der Waals surface area contributed by atoms with E-state index in [0.717, 1.165) is 33.0 Å². The highest BCUT2D eigenvalue weighted by molar-refractivity contribution is 5.87. The zero-order valence-electron chi connectivity index (χ0n) is 19.0. The fourth-order valence-electron chi connectivity index (χ4n) is 4.21. The monoisotopic (exact) mass is 491 g/mol. The number of nitrogens with zero attached hydrogens (tertiary/aromatic N) is 4. The summed E-state index contributed by atoms with van der Waals surface area (Å²) < 4.78 is 41.6. The lowest BCUT2D eigenvalue weighted by atomic mass is 10.00. The van der Waals surface area contributed by atoms with Crippen LogP contribution >= 0.6 is 0 Å². The Hall–Kier alpha value is -4.47. The zero-order valence-corrected chi connectivity index (χ0v) is 19.0. The Kier molecular flexibility index (Phi) is 5.79. The van der Waals surface area contributed by atoms with E-state index in [4.69, 9.17) is 0 Å². The van der Waals surface area contributed by atoms with Crippen LogP contribution in [0, 0.1) is 0 Å². The quantitative estimate of drug-likeness (QED) is 0.389. The van der Waals surface area contributed by atoms with Crippen molar-refractivity contribution in [3.05, 3.63) is 101 Å². The molecule has 5 rings (SSSR count). The number of carbonyl (C=O) groups is 1. The van der Waals surface area contributed by atoms with Crippen LogP contribution in [0.25, 0.3) is 27.5 Å². The molecule has 0 radical (unpaired) electrons. The summed E-state index contributed by atoms with van der Waals surface area (Å²) in [5, 5.41) is 9.14. The van der Waals surface area contributed by atoms with Crippen molar-refractivity contribution in [2.75, 3.05) is 0 Å². The summed E-state index contributed by atoms with van der Waals surface area (Å²) in [4.78, 5) is 29.9. The van der Waals surface area contributed by atoms with Crippen molar-refractivity contribution in [1.29, 1.82) is 0 Å². The minimum absolute atomic E-state index is 0.0878. The van der Waals surface area contributed by atoms with Crippen LogP contribution in [0.1, 0.15) is 24.1 Å². The van der Waals surface area contributed by atoms with Crippen LogP contribution in [0.5, 0.6) is 0 Å². The van der Waals surface area contributed by atoms with Gasteiger partial charge in [-0.05, 0) is 41.5 Å². The molecule has 0 bridgehead atoms. The Bertz CT molecular complexity index is 1650. The van der Waals surface area contributed by atoms with E-state index in [0.29, 0.717) is 0 Å². The van der Waals surface area contributed by atoms with Gasteiger partial charge in [0.05, 0.1) is 23.5 Å². The predicted octanol–water partition coefficient (Wildman–Crippen LogP) is 4.63. The molecule has 3 aromatic carbocycles. The lowest BCUT2D eigenvalue weighted by molar-refractivity contribution is -0.137. The molecule has 7 nitrogen and oxygen atoms in total. The highest BCUT2D eigenvalue weighted by Crippen LogP contribution is 2.30. The molecule has 0 saturated carbocycles. The first-order valence-electron chi connectivity index (χ1n) is 11.1. The summed E-state index contributed by atoms with van der Waals surface area (Å²) in [7, 11) is 0. The second kappa shape index (κ2) is 8.95. The van der Waals surface area contributed by atoms with Gasteiger partial charge in [-0.15, -0.1) is 0 Å². The number of amides is 1. The van der Waals surface area contributed by atoms with Gasteiger partial charge in [-0.25, -0.2) is 9.67 Å². The van der Waals surface area contributed by atoms with Crippen LogP contribution < -0.4 is 10.9 Å². The van der Waals surface area contributed by atoms with Crippen molar-refractivity contribution >= 4 is 27.7 Å². The van der Waals surface area contributed by atoms with Gasteiger partial charge in [0.2, 0.25) is 5.91 Å². The van der Waals surface area contributed by atoms with Gasteiger partial charge in [0, 0.05) is 0 Å². The Labute approximate surface area is 202 Å². The van der Waals surface area contributed by atoms with Crippen molar-refractivity contribution < 1.29 is 18.0 Å². The smallest absolute Gasteiger partial charge is 0.348 e. The molecule has 0 aliphatic rings. The largest absolute Gasteiger partial charge is 0.416 e. The van der Waals surface area contributed by atoms with Gasteiger partial charge in [0.15, 0.2) is 5.65 Å². The fraction of sp³-hybridized carbons (Fsp3) is 0.154. The van der Waals surface area contributed by atoms with E-state index in [1.165, 1.54) is 29.3 Å². The second-order valence-corrected chi connectivity index (χ2v) is 8.38. The maximum absolute atomic E-state index is 13.1. The molecule has 2 heterocycles. The van der Waals surface area contributed by atoms with Crippen molar-refractivity contribution in [2.45, 2.75) is 25.7 Å². The molecule has 0 spiro atoms. The van der Waals surface area contributed by atoms with Crippen LogP contribution in [0.15, 0.2) is 84.0 Å². The summed E-state index contributed by atoms with van der Waals surface area (Å²) in [6, 6.07) is 18.0. The lowest BCUT2D eigenvalue weighted by Gasteiger charge is -2.17. The molecule has 1 N–H and O–H groups in total. The topological polar surface area (TPSA) is 81.8 Å². The van der Waals surface area contributed by atoms with Crippen molar-refractivity contribution in [1.82, 2.24) is 24.6 Å². The number of nitrogens with one attached hydrogen (secondary N) is 1. The van der Waals surface area contributed by atoms with Gasteiger partial charge in [-0.3, -0.25) is 14.2 Å². The maximum Gasteiger partial charge on any atom is 0.416 e. The predicted molar refractivity (Wildman–Crippen MR) is 129 cm³/mol. The highest BCUT2D eigenvalue weighted by atomic mass is 19.4. The summed E-state index contributed by atoms with van der Waals surface area (Å²) >= 11 is 0. The zero-order chi connectivity index (χ0) is 25.4. The SMILES string of the molecule is CC(NC(=O)Cn1cnc2c(cnn2-c2cccc(C(F)(F)F)c2)c1=O)c1cccc2ccccc12. The van der Waals surface area contributed by atoms with E-state index in [1.54, 1.807) is 0 Å². The summed E-state index contributed by atoms with van der Waals surface area (Å²) in [5.41, 5.74) is -0.198. The van der Waals surface area contributed by atoms with Gasteiger partial charge in [0.25, 0.3) is 5.56 Å². The molecule has 1 amide bonds. The number of carbonyl (C=O) groups excluding carboxylic acids is 1. The Morgan fingerprint density at radius 1 is 1.03 bits per heavy atom. The number of alkyl halides is 3. The third kappa shape index (κ3) is 4.33. The van der Waals surface area contributed by atoms with E-state index in [2.05, 4.69) is 15.4 Å². The number of hydrogen-bond acceptors (Lipinski definition) is 4. The standard InChI is InChI=1S/C26H20F3N5O2/c1-16(20-11-4-7-17-6-2-3-10-21(17)20)32-23(35)14-33-15-30-24-22(25(33)36)13-31-34(24)19-9-5-8-18(12-19)26(27,28)29/h2-13,15-16H,14H2,1H3,(H,32,35). The van der Waals surface area contributed by atoms with Crippen LogP contribution in [0.4, 0.5) is 13.2 Å². The van der Waals surface area contributed by atoms with Crippen LogP contribution in [-0.4, -0.2) is 25.2 Å². The van der Waals surface area contributed by atoms with E-state index < -0.39 is 17.3 Å². The number of hydrogen-bond donors (Lipinski definition) is 1. The molecular weight excluding hydrogens is 471 g/mol. The molecule has 1 atom stereocenters. The number of fused-ring (bicyclic) bond motifs is 2. The van der Waals surface area contributed by atoms with E-state index in [9.17, 15) is 22.8 Å². The summed E-state index contributed by atoms with van der Waals surface area (Å²) in [5.74, 6) is -0.385. The van der Waals surface area contributed by atoms with E-state index >= 15 is 0 Å². The number of halogens is 3. The third-order valence-electron chi connectivity index (χ3n) is 5.95. The molecular formula is C26H20F3N5O2. The Morgan fingerprint density at radius 3 is 2.58 bits per heavy atom. The molecule has 5 aromatic rings. The van der Waals surface area contributed by atoms with Crippen molar-refractivity contribution in [3.8, 4) is 5.69 Å². The Balaban J connectivity index is 1.38. The molecule has 0 fully saturated rings. The van der Waals surface area contributed by atoms with Gasteiger partial charge in [0.1, 0.15) is 18.3 Å². The number of benzene rings is 3. The molecule has 0 aliphatic carbocycles. The minimum Gasteiger partial charge on any atom is -0.348 e. The molecule has 2 aromatic heterocycles. The lowest BCUT2D eigenvalue weighted by Crippen LogP contribution is -2.34. The molecule has 10 heteroatoms. The van der Waals surface area contributed by atoms with Crippen molar-refractivity contribution in [2.24, 2.45) is 0 Å². The first-order valence-corrected chi connectivity index (χ1v) is 11.1. The molecule has 182 valence electrons. The Morgan fingerprint density at radius 2 is 1.78 bits per heavy atom. The second-order valence-electron chi connectivity index (χ2n) is 8.38. The van der Waals surface area contributed by atoms with E-state index in [1.807, 2.05) is 49.4 Å². The van der Waals surface area contributed by atoms with Gasteiger partial charge < -0.3 is 5.32 Å².